The van der Waals surface area contributed by atoms with Crippen LogP contribution in [0.25, 0.3) is 22.3 Å². The number of aromatic nitrogens is 2. The predicted molar refractivity (Wildman–Crippen MR) is 106 cm³/mol. The molecule has 6 heteroatoms. The van der Waals surface area contributed by atoms with Gasteiger partial charge < -0.3 is 0 Å². The molecule has 1 amide bonds. The summed E-state index contributed by atoms with van der Waals surface area (Å²) in [5, 5.41) is 0.327. The van der Waals surface area contributed by atoms with Crippen LogP contribution in [0.3, 0.4) is 0 Å². The van der Waals surface area contributed by atoms with E-state index >= 15 is 0 Å². The lowest BCUT2D eigenvalue weighted by atomic mass is 10.1. The number of nitrogens with zero attached hydrogens (tertiary/aromatic N) is 2. The van der Waals surface area contributed by atoms with Crippen molar-refractivity contribution in [1.29, 1.82) is 0 Å². The van der Waals surface area contributed by atoms with Crippen molar-refractivity contribution in [2.24, 2.45) is 0 Å². The zero-order valence-corrected chi connectivity index (χ0v) is 15.0. The van der Waals surface area contributed by atoms with E-state index in [0.29, 0.717) is 16.5 Å². The van der Waals surface area contributed by atoms with Gasteiger partial charge in [-0.05, 0) is 42.8 Å². The molecule has 0 aliphatic heterocycles. The maximum absolute atomic E-state index is 14.4. The van der Waals surface area contributed by atoms with E-state index in [1.807, 2.05) is 6.07 Å². The number of hydrogen-bond donors (Lipinski definition) is 1. The normalized spacial score (nSPS) is 10.8. The first-order valence-electron chi connectivity index (χ1n) is 8.70. The summed E-state index contributed by atoms with van der Waals surface area (Å²) in [6.45, 7) is 1.80. The van der Waals surface area contributed by atoms with Crippen LogP contribution in [0.1, 0.15) is 15.9 Å². The number of halogens is 1. The molecule has 0 saturated carbocycles. The van der Waals surface area contributed by atoms with Gasteiger partial charge in [-0.2, -0.15) is 4.68 Å². The van der Waals surface area contributed by atoms with Crippen molar-refractivity contribution in [2.75, 3.05) is 5.43 Å². The van der Waals surface area contributed by atoms with E-state index < -0.39 is 17.3 Å². The highest BCUT2D eigenvalue weighted by Gasteiger charge is 2.18. The van der Waals surface area contributed by atoms with Gasteiger partial charge in [-0.1, -0.05) is 42.5 Å². The molecule has 4 aromatic rings. The van der Waals surface area contributed by atoms with Crippen LogP contribution < -0.4 is 11.0 Å². The first-order chi connectivity index (χ1) is 13.6. The van der Waals surface area contributed by atoms with E-state index in [0.717, 1.165) is 10.2 Å². The smallest absolute Gasteiger partial charge is 0.267 e. The second-order valence-electron chi connectivity index (χ2n) is 6.33. The molecule has 1 heterocycles. The number of fused-ring (bicyclic) bond motifs is 1. The van der Waals surface area contributed by atoms with Crippen LogP contribution in [0, 0.1) is 12.7 Å². The first-order valence-corrected chi connectivity index (χ1v) is 8.70. The molecule has 28 heavy (non-hydrogen) atoms. The van der Waals surface area contributed by atoms with E-state index in [9.17, 15) is 14.0 Å². The van der Waals surface area contributed by atoms with Crippen LogP contribution in [-0.4, -0.2) is 15.6 Å². The number of carbonyl (C=O) groups excluding carboxylic acids is 1. The molecule has 1 aromatic heterocycles. The van der Waals surface area contributed by atoms with Gasteiger partial charge in [0.05, 0.1) is 16.5 Å². The SMILES string of the molecule is Cc1ccccc1C(=O)Nn1c(-c2ccccc2F)nc2ccccc2c1=O. The molecule has 3 aromatic carbocycles. The number of hydrogen-bond acceptors (Lipinski definition) is 3. The summed E-state index contributed by atoms with van der Waals surface area (Å²) < 4.78 is 15.5. The Morgan fingerprint density at radius 1 is 0.964 bits per heavy atom. The molecule has 0 radical (unpaired) electrons. The van der Waals surface area contributed by atoms with Crippen molar-refractivity contribution in [3.63, 3.8) is 0 Å². The Morgan fingerprint density at radius 3 is 2.43 bits per heavy atom. The number of para-hydroxylation sites is 1. The Hall–Kier alpha value is -3.80. The van der Waals surface area contributed by atoms with Crippen LogP contribution >= 0.6 is 0 Å². The standard InChI is InChI=1S/C22H16FN3O2/c1-14-8-2-3-9-15(14)21(27)25-26-20(16-10-4-6-12-18(16)23)24-19-13-7-5-11-17(19)22(26)28/h2-13H,1H3,(H,25,27). The molecule has 0 aliphatic carbocycles. The highest BCUT2D eigenvalue weighted by molar-refractivity contribution is 6.01. The largest absolute Gasteiger partial charge is 0.280 e. The third-order valence-electron chi connectivity index (χ3n) is 4.49. The van der Waals surface area contributed by atoms with Crippen molar-refractivity contribution in [1.82, 2.24) is 9.66 Å². The van der Waals surface area contributed by atoms with Gasteiger partial charge in [0.1, 0.15) is 5.82 Å². The number of rotatable bonds is 3. The molecule has 4 rings (SSSR count). The zero-order valence-electron chi connectivity index (χ0n) is 15.0. The molecule has 0 fully saturated rings. The van der Waals surface area contributed by atoms with E-state index in [1.165, 1.54) is 12.1 Å². The fraction of sp³-hybridized carbons (Fsp3) is 0.0455. The van der Waals surface area contributed by atoms with Crippen LogP contribution in [0.5, 0.6) is 0 Å². The number of nitrogens with one attached hydrogen (secondary N) is 1. The Kier molecular flexibility index (Phi) is 4.45. The fourth-order valence-corrected chi connectivity index (χ4v) is 3.05. The number of amides is 1. The topological polar surface area (TPSA) is 64.0 Å². The summed E-state index contributed by atoms with van der Waals surface area (Å²) in [7, 11) is 0. The molecule has 0 bridgehead atoms. The molecule has 0 unspecified atom stereocenters. The Bertz CT molecular complexity index is 1260. The Labute approximate surface area is 160 Å². The molecule has 0 saturated heterocycles. The van der Waals surface area contributed by atoms with Crippen molar-refractivity contribution in [3.8, 4) is 11.4 Å². The van der Waals surface area contributed by atoms with Gasteiger partial charge in [0.2, 0.25) is 0 Å². The summed E-state index contributed by atoms with van der Waals surface area (Å²) in [5.74, 6) is -0.984. The van der Waals surface area contributed by atoms with Crippen molar-refractivity contribution in [2.45, 2.75) is 6.92 Å². The second kappa shape index (κ2) is 7.08. The molecule has 138 valence electrons. The molecule has 0 aliphatic rings. The maximum atomic E-state index is 14.4. The van der Waals surface area contributed by atoms with Gasteiger partial charge in [0.25, 0.3) is 11.5 Å². The molecule has 0 spiro atoms. The highest BCUT2D eigenvalue weighted by atomic mass is 19.1. The zero-order chi connectivity index (χ0) is 19.7. The fourth-order valence-electron chi connectivity index (χ4n) is 3.05. The van der Waals surface area contributed by atoms with Gasteiger partial charge in [-0.3, -0.25) is 15.0 Å². The van der Waals surface area contributed by atoms with E-state index in [-0.39, 0.29) is 11.4 Å². The maximum Gasteiger partial charge on any atom is 0.280 e. The van der Waals surface area contributed by atoms with Gasteiger partial charge >= 0.3 is 0 Å². The number of benzene rings is 3. The quantitative estimate of drug-likeness (QED) is 0.592. The summed E-state index contributed by atoms with van der Waals surface area (Å²) in [4.78, 5) is 30.3. The minimum atomic E-state index is -0.538. The van der Waals surface area contributed by atoms with Crippen molar-refractivity contribution < 1.29 is 9.18 Å². The summed E-state index contributed by atoms with van der Waals surface area (Å²) in [6, 6.07) is 19.8. The molecule has 1 N–H and O–H groups in total. The minimum Gasteiger partial charge on any atom is -0.267 e. The monoisotopic (exact) mass is 373 g/mol. The second-order valence-corrected chi connectivity index (χ2v) is 6.33. The van der Waals surface area contributed by atoms with Crippen molar-refractivity contribution in [3.05, 3.63) is 100 Å². The Balaban J connectivity index is 1.94. The lowest BCUT2D eigenvalue weighted by Crippen LogP contribution is -2.35. The Morgan fingerprint density at radius 2 is 1.64 bits per heavy atom. The lowest BCUT2D eigenvalue weighted by Gasteiger charge is -2.15. The van der Waals surface area contributed by atoms with Crippen LogP contribution in [0.15, 0.2) is 77.6 Å². The highest BCUT2D eigenvalue weighted by Crippen LogP contribution is 2.21. The molecular formula is C22H16FN3O2. The molecule has 5 nitrogen and oxygen atoms in total. The van der Waals surface area contributed by atoms with Crippen LogP contribution in [0.4, 0.5) is 4.39 Å². The first kappa shape index (κ1) is 17.6. The van der Waals surface area contributed by atoms with Gasteiger partial charge in [0, 0.05) is 5.56 Å². The lowest BCUT2D eigenvalue weighted by molar-refractivity contribution is 0.101. The third-order valence-corrected chi connectivity index (χ3v) is 4.49. The van der Waals surface area contributed by atoms with Gasteiger partial charge in [-0.25, -0.2) is 9.37 Å². The average molecular weight is 373 g/mol. The third kappa shape index (κ3) is 3.05. The summed E-state index contributed by atoms with van der Waals surface area (Å²) in [6.07, 6.45) is 0. The van der Waals surface area contributed by atoms with Gasteiger partial charge in [-0.15, -0.1) is 0 Å². The van der Waals surface area contributed by atoms with Gasteiger partial charge in [0.15, 0.2) is 5.82 Å². The predicted octanol–water partition coefficient (Wildman–Crippen LogP) is 3.89. The van der Waals surface area contributed by atoms with Crippen molar-refractivity contribution >= 4 is 16.8 Å². The molecule has 0 atom stereocenters. The number of aryl methyl sites for hydroxylation is 1. The van der Waals surface area contributed by atoms with Crippen LogP contribution in [0.2, 0.25) is 0 Å². The minimum absolute atomic E-state index is 0.0312. The van der Waals surface area contributed by atoms with E-state index in [2.05, 4.69) is 10.4 Å². The summed E-state index contributed by atoms with van der Waals surface area (Å²) in [5.41, 5.74) is 3.83. The number of carbonyl (C=O) groups is 1. The molecular weight excluding hydrogens is 357 g/mol. The van der Waals surface area contributed by atoms with E-state index in [4.69, 9.17) is 0 Å². The average Bonchev–Trinajstić information content (AvgIpc) is 2.71. The van der Waals surface area contributed by atoms with E-state index in [1.54, 1.807) is 61.5 Å². The van der Waals surface area contributed by atoms with Crippen LogP contribution in [-0.2, 0) is 0 Å². The summed E-state index contributed by atoms with van der Waals surface area (Å²) >= 11 is 0.